The van der Waals surface area contributed by atoms with Gasteiger partial charge in [-0.05, 0) is 18.6 Å². The van der Waals surface area contributed by atoms with Gasteiger partial charge in [0.25, 0.3) is 5.91 Å². The minimum atomic E-state index is -0.365. The van der Waals surface area contributed by atoms with E-state index in [0.29, 0.717) is 29.7 Å². The van der Waals surface area contributed by atoms with Crippen LogP contribution >= 0.6 is 0 Å². The number of piperidine rings is 1. The molecule has 1 saturated heterocycles. The SMILES string of the molecule is O=C1CC(NC(=O)c2cncc(-c3ccccc3F)c2)CCN1. The number of hydrogen-bond acceptors (Lipinski definition) is 3. The van der Waals surface area contributed by atoms with Gasteiger partial charge in [0.05, 0.1) is 5.56 Å². The van der Waals surface area contributed by atoms with Gasteiger partial charge in [0, 0.05) is 42.5 Å². The van der Waals surface area contributed by atoms with E-state index in [2.05, 4.69) is 15.6 Å². The zero-order valence-corrected chi connectivity index (χ0v) is 12.4. The van der Waals surface area contributed by atoms with Crippen molar-refractivity contribution in [2.24, 2.45) is 0 Å². The number of nitrogens with one attached hydrogen (secondary N) is 2. The molecule has 1 unspecified atom stereocenters. The smallest absolute Gasteiger partial charge is 0.253 e. The van der Waals surface area contributed by atoms with E-state index in [1.54, 1.807) is 24.3 Å². The molecular formula is C17H16FN3O2. The average Bonchev–Trinajstić information content (AvgIpc) is 2.55. The Hall–Kier alpha value is -2.76. The maximum Gasteiger partial charge on any atom is 0.253 e. The van der Waals surface area contributed by atoms with Crippen molar-refractivity contribution in [3.63, 3.8) is 0 Å². The van der Waals surface area contributed by atoms with Crippen molar-refractivity contribution in [2.45, 2.75) is 18.9 Å². The van der Waals surface area contributed by atoms with Crippen LogP contribution in [0.1, 0.15) is 23.2 Å². The normalized spacial score (nSPS) is 17.4. The fourth-order valence-corrected chi connectivity index (χ4v) is 2.58. The Morgan fingerprint density at radius 3 is 2.91 bits per heavy atom. The number of amides is 2. The van der Waals surface area contributed by atoms with Crippen LogP contribution in [0.3, 0.4) is 0 Å². The van der Waals surface area contributed by atoms with Crippen molar-refractivity contribution in [3.8, 4) is 11.1 Å². The topological polar surface area (TPSA) is 71.1 Å². The van der Waals surface area contributed by atoms with Gasteiger partial charge < -0.3 is 10.6 Å². The summed E-state index contributed by atoms with van der Waals surface area (Å²) in [6.07, 6.45) is 3.91. The van der Waals surface area contributed by atoms with Crippen molar-refractivity contribution >= 4 is 11.8 Å². The maximum atomic E-state index is 13.9. The van der Waals surface area contributed by atoms with Crippen LogP contribution < -0.4 is 10.6 Å². The van der Waals surface area contributed by atoms with E-state index >= 15 is 0 Å². The van der Waals surface area contributed by atoms with Crippen LogP contribution in [0, 0.1) is 5.82 Å². The molecular weight excluding hydrogens is 297 g/mol. The number of rotatable bonds is 3. The predicted molar refractivity (Wildman–Crippen MR) is 83.1 cm³/mol. The van der Waals surface area contributed by atoms with Gasteiger partial charge in [-0.1, -0.05) is 18.2 Å². The van der Waals surface area contributed by atoms with E-state index in [4.69, 9.17) is 0 Å². The molecule has 2 heterocycles. The van der Waals surface area contributed by atoms with E-state index in [-0.39, 0.29) is 30.1 Å². The number of carbonyl (C=O) groups excluding carboxylic acids is 2. The first kappa shape index (κ1) is 15.1. The quantitative estimate of drug-likeness (QED) is 0.909. The summed E-state index contributed by atoms with van der Waals surface area (Å²) in [6, 6.07) is 7.75. The second kappa shape index (κ2) is 6.56. The molecule has 0 aliphatic carbocycles. The van der Waals surface area contributed by atoms with Crippen molar-refractivity contribution in [1.29, 1.82) is 0 Å². The van der Waals surface area contributed by atoms with Crippen molar-refractivity contribution < 1.29 is 14.0 Å². The molecule has 2 N–H and O–H groups in total. The number of nitrogens with zero attached hydrogens (tertiary/aromatic N) is 1. The summed E-state index contributed by atoms with van der Waals surface area (Å²) in [6.45, 7) is 0.553. The highest BCUT2D eigenvalue weighted by atomic mass is 19.1. The molecule has 1 aromatic heterocycles. The van der Waals surface area contributed by atoms with E-state index in [1.165, 1.54) is 18.5 Å². The van der Waals surface area contributed by atoms with Crippen LogP contribution in [-0.4, -0.2) is 29.4 Å². The fourth-order valence-electron chi connectivity index (χ4n) is 2.58. The van der Waals surface area contributed by atoms with Crippen LogP contribution in [0.25, 0.3) is 11.1 Å². The zero-order valence-electron chi connectivity index (χ0n) is 12.4. The average molecular weight is 313 g/mol. The Morgan fingerprint density at radius 1 is 1.30 bits per heavy atom. The molecule has 118 valence electrons. The summed E-state index contributed by atoms with van der Waals surface area (Å²) in [5, 5.41) is 5.54. The van der Waals surface area contributed by atoms with Gasteiger partial charge in [0.1, 0.15) is 5.82 Å². The number of benzene rings is 1. The number of halogens is 1. The zero-order chi connectivity index (χ0) is 16.2. The highest BCUT2D eigenvalue weighted by Gasteiger charge is 2.21. The van der Waals surface area contributed by atoms with Crippen molar-refractivity contribution in [1.82, 2.24) is 15.6 Å². The van der Waals surface area contributed by atoms with Gasteiger partial charge in [-0.25, -0.2) is 4.39 Å². The first-order chi connectivity index (χ1) is 11.1. The first-order valence-corrected chi connectivity index (χ1v) is 7.41. The minimum absolute atomic E-state index is 0.0696. The van der Waals surface area contributed by atoms with E-state index in [0.717, 1.165) is 0 Å². The number of hydrogen-bond donors (Lipinski definition) is 2. The number of carbonyl (C=O) groups is 2. The molecule has 0 bridgehead atoms. The lowest BCUT2D eigenvalue weighted by Crippen LogP contribution is -2.45. The summed E-state index contributed by atoms with van der Waals surface area (Å²) in [7, 11) is 0. The Morgan fingerprint density at radius 2 is 2.13 bits per heavy atom. The molecule has 3 rings (SSSR count). The van der Waals surface area contributed by atoms with E-state index < -0.39 is 0 Å². The standard InChI is InChI=1S/C17H16FN3O2/c18-15-4-2-1-3-14(15)11-7-12(10-19-9-11)17(23)21-13-5-6-20-16(22)8-13/h1-4,7,9-10,13H,5-6,8H2,(H,20,22)(H,21,23). The number of pyridine rings is 1. The monoisotopic (exact) mass is 313 g/mol. The lowest BCUT2D eigenvalue weighted by molar-refractivity contribution is -0.122. The highest BCUT2D eigenvalue weighted by molar-refractivity contribution is 5.95. The highest BCUT2D eigenvalue weighted by Crippen LogP contribution is 2.22. The van der Waals surface area contributed by atoms with Crippen LogP contribution in [0.5, 0.6) is 0 Å². The van der Waals surface area contributed by atoms with Gasteiger partial charge in [-0.2, -0.15) is 0 Å². The summed E-state index contributed by atoms with van der Waals surface area (Å²) >= 11 is 0. The van der Waals surface area contributed by atoms with Gasteiger partial charge in [0.15, 0.2) is 0 Å². The lowest BCUT2D eigenvalue weighted by atomic mass is 10.0. The summed E-state index contributed by atoms with van der Waals surface area (Å²) < 4.78 is 13.9. The van der Waals surface area contributed by atoms with E-state index in [9.17, 15) is 14.0 Å². The molecule has 1 atom stereocenters. The van der Waals surface area contributed by atoms with Crippen molar-refractivity contribution in [3.05, 3.63) is 54.1 Å². The van der Waals surface area contributed by atoms with Gasteiger partial charge in [-0.15, -0.1) is 0 Å². The van der Waals surface area contributed by atoms with Gasteiger partial charge in [-0.3, -0.25) is 14.6 Å². The fraction of sp³-hybridized carbons (Fsp3) is 0.235. The molecule has 1 aliphatic rings. The molecule has 0 spiro atoms. The van der Waals surface area contributed by atoms with Crippen LogP contribution in [0.2, 0.25) is 0 Å². The minimum Gasteiger partial charge on any atom is -0.356 e. The van der Waals surface area contributed by atoms with Crippen LogP contribution in [0.4, 0.5) is 4.39 Å². The van der Waals surface area contributed by atoms with Gasteiger partial charge in [0.2, 0.25) is 5.91 Å². The summed E-state index contributed by atoms with van der Waals surface area (Å²) in [5.41, 5.74) is 1.28. The molecule has 5 nitrogen and oxygen atoms in total. The Bertz CT molecular complexity index is 748. The third-order valence-corrected chi connectivity index (χ3v) is 3.77. The Labute approximate surface area is 132 Å². The third kappa shape index (κ3) is 3.53. The predicted octanol–water partition coefficient (Wildman–Crippen LogP) is 1.90. The molecule has 2 aromatic rings. The molecule has 2 amide bonds. The van der Waals surface area contributed by atoms with E-state index in [1.807, 2.05) is 0 Å². The Kier molecular flexibility index (Phi) is 4.32. The number of aromatic nitrogens is 1. The molecule has 6 heteroatoms. The lowest BCUT2D eigenvalue weighted by Gasteiger charge is -2.23. The largest absolute Gasteiger partial charge is 0.356 e. The summed E-state index contributed by atoms with van der Waals surface area (Å²) in [5.74, 6) is -0.744. The summed E-state index contributed by atoms with van der Waals surface area (Å²) in [4.78, 5) is 27.7. The Balaban J connectivity index is 1.78. The third-order valence-electron chi connectivity index (χ3n) is 3.77. The molecule has 1 aromatic carbocycles. The molecule has 1 fully saturated rings. The molecule has 0 saturated carbocycles. The maximum absolute atomic E-state index is 13.9. The first-order valence-electron chi connectivity index (χ1n) is 7.41. The molecule has 23 heavy (non-hydrogen) atoms. The molecule has 0 radical (unpaired) electrons. The molecule has 1 aliphatic heterocycles. The van der Waals surface area contributed by atoms with Gasteiger partial charge >= 0.3 is 0 Å². The van der Waals surface area contributed by atoms with Crippen LogP contribution in [0.15, 0.2) is 42.7 Å². The second-order valence-electron chi connectivity index (χ2n) is 5.46. The second-order valence-corrected chi connectivity index (χ2v) is 5.46. The van der Waals surface area contributed by atoms with Crippen molar-refractivity contribution in [2.75, 3.05) is 6.54 Å². The van der Waals surface area contributed by atoms with Crippen LogP contribution in [-0.2, 0) is 4.79 Å².